The van der Waals surface area contributed by atoms with Crippen molar-refractivity contribution in [3.63, 3.8) is 0 Å². The van der Waals surface area contributed by atoms with Crippen molar-refractivity contribution < 1.29 is 0 Å². The fourth-order valence-electron chi connectivity index (χ4n) is 1.98. The van der Waals surface area contributed by atoms with Crippen LogP contribution < -0.4 is 0 Å². The second-order valence-corrected chi connectivity index (χ2v) is 4.49. The molecule has 0 N–H and O–H groups in total. The molecule has 0 amide bonds. The molecule has 0 aliphatic heterocycles. The van der Waals surface area contributed by atoms with Crippen LogP contribution in [0.3, 0.4) is 0 Å². The van der Waals surface area contributed by atoms with Crippen LogP contribution in [0.4, 0.5) is 0 Å². The van der Waals surface area contributed by atoms with E-state index in [0.717, 1.165) is 5.92 Å². The number of hydrogen-bond acceptors (Lipinski definition) is 1. The van der Waals surface area contributed by atoms with Gasteiger partial charge >= 0.3 is 0 Å². The maximum absolute atomic E-state index is 2.32. The summed E-state index contributed by atoms with van der Waals surface area (Å²) in [6.07, 6.45) is 15.7. The molecule has 0 aromatic carbocycles. The zero-order valence-electron chi connectivity index (χ0n) is 12.2. The molecule has 0 aromatic rings. The van der Waals surface area contributed by atoms with E-state index >= 15 is 0 Å². The monoisotopic (exact) mass is 235 g/mol. The van der Waals surface area contributed by atoms with Gasteiger partial charge in [-0.25, -0.2) is 0 Å². The van der Waals surface area contributed by atoms with Crippen LogP contribution in [0.25, 0.3) is 0 Å². The maximum Gasteiger partial charge on any atom is -0.00186 e. The van der Waals surface area contributed by atoms with Crippen molar-refractivity contribution in [3.05, 3.63) is 36.5 Å². The lowest BCUT2D eigenvalue weighted by Gasteiger charge is -2.22. The van der Waals surface area contributed by atoms with E-state index in [9.17, 15) is 0 Å². The Hall–Kier alpha value is -0.820. The third-order valence-corrected chi connectivity index (χ3v) is 3.02. The van der Waals surface area contributed by atoms with Crippen LogP contribution in [0.5, 0.6) is 0 Å². The van der Waals surface area contributed by atoms with E-state index in [4.69, 9.17) is 0 Å². The van der Waals surface area contributed by atoms with Gasteiger partial charge in [0.2, 0.25) is 0 Å². The molecule has 0 radical (unpaired) electrons. The van der Waals surface area contributed by atoms with Crippen molar-refractivity contribution >= 4 is 0 Å². The van der Waals surface area contributed by atoms with Gasteiger partial charge in [0.15, 0.2) is 0 Å². The molecule has 1 aliphatic carbocycles. The van der Waals surface area contributed by atoms with Crippen LogP contribution in [0.15, 0.2) is 36.5 Å². The highest BCUT2D eigenvalue weighted by atomic mass is 15.0. The minimum Gasteiger partial charge on any atom is -0.309 e. The first-order chi connectivity index (χ1) is 8.24. The van der Waals surface area contributed by atoms with Gasteiger partial charge in [-0.15, -0.1) is 0 Å². The van der Waals surface area contributed by atoms with Crippen LogP contribution in [-0.2, 0) is 0 Å². The van der Waals surface area contributed by atoms with E-state index in [2.05, 4.69) is 62.4 Å². The molecule has 17 heavy (non-hydrogen) atoms. The molecule has 1 rings (SSSR count). The molecule has 0 heterocycles. The van der Waals surface area contributed by atoms with Crippen LogP contribution in [0, 0.1) is 11.8 Å². The molecule has 0 bridgehead atoms. The van der Waals surface area contributed by atoms with Gasteiger partial charge < -0.3 is 4.90 Å². The number of hydrogen-bond donors (Lipinski definition) is 0. The fraction of sp³-hybridized carbons (Fsp3) is 0.625. The summed E-state index contributed by atoms with van der Waals surface area (Å²) >= 11 is 0. The van der Waals surface area contributed by atoms with Crippen LogP contribution in [-0.4, -0.2) is 25.5 Å². The van der Waals surface area contributed by atoms with Crippen molar-refractivity contribution in [1.82, 2.24) is 4.90 Å². The first kappa shape index (κ1) is 16.2. The van der Waals surface area contributed by atoms with Gasteiger partial charge in [0.25, 0.3) is 0 Å². The SMILES string of the molecule is CC.CCC(CCN(C)C)C1C=CC=CC=C1. The molecule has 0 spiro atoms. The van der Waals surface area contributed by atoms with Crippen molar-refractivity contribution in [1.29, 1.82) is 0 Å². The van der Waals surface area contributed by atoms with E-state index < -0.39 is 0 Å². The zero-order valence-corrected chi connectivity index (χ0v) is 12.2. The lowest BCUT2D eigenvalue weighted by atomic mass is 9.87. The smallest absolute Gasteiger partial charge is 0.00186 e. The first-order valence-corrected chi connectivity index (χ1v) is 6.90. The van der Waals surface area contributed by atoms with Gasteiger partial charge in [-0.3, -0.25) is 0 Å². The van der Waals surface area contributed by atoms with E-state index in [1.807, 2.05) is 13.8 Å². The van der Waals surface area contributed by atoms with Gasteiger partial charge in [0.1, 0.15) is 0 Å². The average molecular weight is 235 g/mol. The van der Waals surface area contributed by atoms with Crippen LogP contribution >= 0.6 is 0 Å². The van der Waals surface area contributed by atoms with Crippen molar-refractivity contribution in [3.8, 4) is 0 Å². The maximum atomic E-state index is 2.32. The number of rotatable bonds is 5. The molecule has 1 unspecified atom stereocenters. The fourth-order valence-corrected chi connectivity index (χ4v) is 1.98. The predicted octanol–water partition coefficient (Wildman–Crippen LogP) is 4.29. The van der Waals surface area contributed by atoms with Gasteiger partial charge in [0, 0.05) is 0 Å². The summed E-state index contributed by atoms with van der Waals surface area (Å²) in [5, 5.41) is 0. The summed E-state index contributed by atoms with van der Waals surface area (Å²) in [5.41, 5.74) is 0. The molecule has 0 saturated heterocycles. The standard InChI is InChI=1S/C14H23N.C2H6/c1-4-13(11-12-15(2)3)14-9-7-5-6-8-10-14;1-2/h5-10,13-14H,4,11-12H2,1-3H3;1-2H3. The zero-order chi connectivity index (χ0) is 13.1. The number of allylic oxidation sites excluding steroid dienone is 6. The second-order valence-electron chi connectivity index (χ2n) is 4.49. The molecule has 98 valence electrons. The molecule has 1 heteroatoms. The van der Waals surface area contributed by atoms with Crippen molar-refractivity contribution in [2.75, 3.05) is 20.6 Å². The van der Waals surface area contributed by atoms with Gasteiger partial charge in [-0.2, -0.15) is 0 Å². The van der Waals surface area contributed by atoms with E-state index in [0.29, 0.717) is 5.92 Å². The van der Waals surface area contributed by atoms with Gasteiger partial charge in [-0.05, 0) is 38.9 Å². The largest absolute Gasteiger partial charge is 0.309 e. The molecule has 0 fully saturated rings. The Morgan fingerprint density at radius 1 is 1.00 bits per heavy atom. The van der Waals surface area contributed by atoms with Gasteiger partial charge in [-0.1, -0.05) is 63.6 Å². The predicted molar refractivity (Wildman–Crippen MR) is 79.2 cm³/mol. The minimum atomic E-state index is 0.616. The van der Waals surface area contributed by atoms with E-state index in [-0.39, 0.29) is 0 Å². The third-order valence-electron chi connectivity index (χ3n) is 3.02. The molecule has 1 aliphatic rings. The summed E-state index contributed by atoms with van der Waals surface area (Å²) in [6.45, 7) is 7.48. The molecule has 0 saturated carbocycles. The molecule has 1 atom stereocenters. The van der Waals surface area contributed by atoms with E-state index in [1.54, 1.807) is 0 Å². The molecular weight excluding hydrogens is 206 g/mol. The highest BCUT2D eigenvalue weighted by molar-refractivity contribution is 5.20. The summed E-state index contributed by atoms with van der Waals surface area (Å²) in [4.78, 5) is 2.27. The lowest BCUT2D eigenvalue weighted by molar-refractivity contribution is 0.321. The van der Waals surface area contributed by atoms with Gasteiger partial charge in [0.05, 0.1) is 0 Å². The topological polar surface area (TPSA) is 3.24 Å². The quantitative estimate of drug-likeness (QED) is 0.687. The Morgan fingerprint density at radius 2 is 1.53 bits per heavy atom. The van der Waals surface area contributed by atoms with Crippen LogP contribution in [0.1, 0.15) is 33.6 Å². The molecule has 0 aromatic heterocycles. The highest BCUT2D eigenvalue weighted by Crippen LogP contribution is 2.23. The first-order valence-electron chi connectivity index (χ1n) is 6.90. The Bertz CT molecular complexity index is 232. The number of nitrogens with zero attached hydrogens (tertiary/aromatic N) is 1. The van der Waals surface area contributed by atoms with Crippen molar-refractivity contribution in [2.45, 2.75) is 33.6 Å². The Labute approximate surface area is 108 Å². The minimum absolute atomic E-state index is 0.616. The normalized spacial score (nSPS) is 16.6. The van der Waals surface area contributed by atoms with Crippen LogP contribution in [0.2, 0.25) is 0 Å². The average Bonchev–Trinajstić information content (AvgIpc) is 2.61. The highest BCUT2D eigenvalue weighted by Gasteiger charge is 2.14. The molecular formula is C16H29N. The summed E-state index contributed by atoms with van der Waals surface area (Å²) < 4.78 is 0. The van der Waals surface area contributed by atoms with E-state index in [1.165, 1.54) is 19.4 Å². The summed E-state index contributed by atoms with van der Waals surface area (Å²) in [7, 11) is 4.29. The Balaban J connectivity index is 0.00000121. The second kappa shape index (κ2) is 10.3. The lowest BCUT2D eigenvalue weighted by Crippen LogP contribution is -2.19. The Morgan fingerprint density at radius 3 is 1.94 bits per heavy atom. The molecule has 1 nitrogen and oxygen atoms in total. The summed E-state index contributed by atoms with van der Waals surface area (Å²) in [5.74, 6) is 1.39. The summed E-state index contributed by atoms with van der Waals surface area (Å²) in [6, 6.07) is 0. The third kappa shape index (κ3) is 7.17. The Kier molecular flexibility index (Phi) is 9.84. The van der Waals surface area contributed by atoms with Crippen molar-refractivity contribution in [2.24, 2.45) is 11.8 Å².